The minimum absolute atomic E-state index is 0.150. The first kappa shape index (κ1) is 17.0. The van der Waals surface area contributed by atoms with Crippen molar-refractivity contribution in [2.45, 2.75) is 55.9 Å². The van der Waals surface area contributed by atoms with Crippen LogP contribution in [0.1, 0.15) is 51.9 Å². The predicted octanol–water partition coefficient (Wildman–Crippen LogP) is 4.69. The van der Waals surface area contributed by atoms with E-state index in [1.54, 1.807) is 31.3 Å². The average Bonchev–Trinajstić information content (AvgIpc) is 2.34. The van der Waals surface area contributed by atoms with Crippen LogP contribution in [0.3, 0.4) is 0 Å². The topological polar surface area (TPSA) is 29.1 Å². The molecule has 0 saturated carbocycles. The third-order valence-electron chi connectivity index (χ3n) is 3.36. The van der Waals surface area contributed by atoms with Crippen molar-refractivity contribution < 1.29 is 8.68 Å². The van der Waals surface area contributed by atoms with Gasteiger partial charge in [0.25, 0.3) is 5.91 Å². The molecule has 0 unspecified atom stereocenters. The van der Waals surface area contributed by atoms with E-state index in [-0.39, 0.29) is 5.91 Å². The maximum Gasteiger partial charge on any atom is 0.251 e. The SMILES string of the molecule is CNC(=O)c1ccc(S(F)(C(C)(C)C)C(C)(C)C)cc1. The Morgan fingerprint density at radius 3 is 1.70 bits per heavy atom. The Morgan fingerprint density at radius 1 is 1.00 bits per heavy atom. The summed E-state index contributed by atoms with van der Waals surface area (Å²) in [6.45, 7) is 11.7. The molecule has 0 aliphatic heterocycles. The van der Waals surface area contributed by atoms with Crippen LogP contribution in [-0.2, 0) is 0 Å². The molecule has 0 spiro atoms. The van der Waals surface area contributed by atoms with Crippen molar-refractivity contribution in [3.63, 3.8) is 0 Å². The molecule has 0 atom stereocenters. The highest BCUT2D eigenvalue weighted by Gasteiger charge is 2.47. The molecule has 4 heteroatoms. The summed E-state index contributed by atoms with van der Waals surface area (Å²) in [5.74, 6) is -0.150. The van der Waals surface area contributed by atoms with Crippen LogP contribution in [0.4, 0.5) is 3.89 Å². The van der Waals surface area contributed by atoms with E-state index in [1.165, 1.54) is 0 Å². The number of rotatable bonds is 2. The van der Waals surface area contributed by atoms with Gasteiger partial charge in [0.05, 0.1) is 0 Å². The maximum atomic E-state index is 15.9. The van der Waals surface area contributed by atoms with Crippen molar-refractivity contribution in [3.8, 4) is 0 Å². The van der Waals surface area contributed by atoms with E-state index >= 15 is 3.89 Å². The summed E-state index contributed by atoms with van der Waals surface area (Å²) < 4.78 is 15.0. The number of carbonyl (C=O) groups is 1. The minimum Gasteiger partial charge on any atom is -0.355 e. The van der Waals surface area contributed by atoms with Crippen molar-refractivity contribution in [2.75, 3.05) is 7.05 Å². The highest BCUT2D eigenvalue weighted by atomic mass is 32.3. The number of amides is 1. The normalized spacial score (nSPS) is 14.0. The summed E-state index contributed by atoms with van der Waals surface area (Å²) in [4.78, 5) is 12.3. The Bertz CT molecular complexity index is 469. The van der Waals surface area contributed by atoms with Crippen LogP contribution >= 0.6 is 10.4 Å². The van der Waals surface area contributed by atoms with Crippen molar-refractivity contribution in [1.82, 2.24) is 5.32 Å². The smallest absolute Gasteiger partial charge is 0.251 e. The van der Waals surface area contributed by atoms with Gasteiger partial charge in [-0.05, 0) is 65.8 Å². The van der Waals surface area contributed by atoms with E-state index in [0.29, 0.717) is 10.5 Å². The first-order valence-electron chi connectivity index (χ1n) is 6.79. The molecule has 114 valence electrons. The lowest BCUT2D eigenvalue weighted by Gasteiger charge is -2.52. The summed E-state index contributed by atoms with van der Waals surface area (Å²) in [7, 11) is -0.942. The van der Waals surface area contributed by atoms with Gasteiger partial charge in [-0.2, -0.15) is 3.89 Å². The van der Waals surface area contributed by atoms with Crippen LogP contribution in [0, 0.1) is 0 Å². The molecule has 1 rings (SSSR count). The Labute approximate surface area is 123 Å². The summed E-state index contributed by atoms with van der Waals surface area (Å²) in [6.07, 6.45) is 0. The van der Waals surface area contributed by atoms with Crippen LogP contribution in [0.2, 0.25) is 0 Å². The van der Waals surface area contributed by atoms with E-state index in [4.69, 9.17) is 0 Å². The molecule has 1 aromatic carbocycles. The highest BCUT2D eigenvalue weighted by Crippen LogP contribution is 2.73. The summed E-state index contributed by atoms with van der Waals surface area (Å²) in [5, 5.41) is 2.57. The molecule has 0 aliphatic rings. The Hall–Kier alpha value is -1.03. The van der Waals surface area contributed by atoms with Crippen molar-refractivity contribution >= 4 is 16.3 Å². The second-order valence-electron chi connectivity index (χ2n) is 6.87. The molecule has 0 aromatic heterocycles. The maximum absolute atomic E-state index is 15.9. The zero-order valence-electron chi connectivity index (χ0n) is 13.5. The van der Waals surface area contributed by atoms with E-state index in [2.05, 4.69) is 5.32 Å². The Morgan fingerprint density at radius 2 is 1.40 bits per heavy atom. The molecule has 20 heavy (non-hydrogen) atoms. The van der Waals surface area contributed by atoms with E-state index < -0.39 is 19.9 Å². The summed E-state index contributed by atoms with van der Waals surface area (Å²) >= 11 is 0. The fourth-order valence-electron chi connectivity index (χ4n) is 2.56. The van der Waals surface area contributed by atoms with Gasteiger partial charge in [-0.15, -0.1) is 0 Å². The molecule has 1 N–H and O–H groups in total. The van der Waals surface area contributed by atoms with Gasteiger partial charge in [0.2, 0.25) is 0 Å². The van der Waals surface area contributed by atoms with Crippen molar-refractivity contribution in [1.29, 1.82) is 0 Å². The number of hydrogen-bond donors (Lipinski definition) is 1. The standard InChI is InChI=1S/C16H26FNOS/c1-15(2,3)20(17,16(4,5)6)13-10-8-12(9-11-13)14(19)18-7/h8-11H,1-7H3,(H,18,19). The largest absolute Gasteiger partial charge is 0.355 e. The zero-order chi connectivity index (χ0) is 15.8. The second-order valence-corrected chi connectivity index (χ2v) is 10.9. The zero-order valence-corrected chi connectivity index (χ0v) is 14.3. The van der Waals surface area contributed by atoms with Gasteiger partial charge in [0.1, 0.15) is 0 Å². The van der Waals surface area contributed by atoms with E-state index in [9.17, 15) is 4.79 Å². The van der Waals surface area contributed by atoms with Gasteiger partial charge in [0.15, 0.2) is 0 Å². The third kappa shape index (κ3) is 2.85. The molecule has 0 heterocycles. The van der Waals surface area contributed by atoms with Gasteiger partial charge in [-0.25, -0.2) is 0 Å². The minimum atomic E-state index is -2.53. The molecule has 0 radical (unpaired) electrons. The number of hydrogen-bond acceptors (Lipinski definition) is 1. The average molecular weight is 299 g/mol. The number of carbonyl (C=O) groups excluding carboxylic acids is 1. The summed E-state index contributed by atoms with van der Waals surface area (Å²) in [6, 6.07) is 6.92. The third-order valence-corrected chi connectivity index (χ3v) is 7.65. The van der Waals surface area contributed by atoms with Crippen molar-refractivity contribution in [2.24, 2.45) is 0 Å². The quantitative estimate of drug-likeness (QED) is 0.843. The molecule has 0 aliphatic carbocycles. The van der Waals surface area contributed by atoms with Crippen LogP contribution in [0.25, 0.3) is 0 Å². The fourth-order valence-corrected chi connectivity index (χ4v) is 6.33. The Kier molecular flexibility index (Phi) is 4.59. The lowest BCUT2D eigenvalue weighted by Crippen LogP contribution is -2.35. The molecule has 2 nitrogen and oxygen atoms in total. The van der Waals surface area contributed by atoms with Gasteiger partial charge < -0.3 is 5.32 Å². The summed E-state index contributed by atoms with van der Waals surface area (Å²) in [5.41, 5.74) is 0.556. The second kappa shape index (κ2) is 5.40. The van der Waals surface area contributed by atoms with Crippen molar-refractivity contribution in [3.05, 3.63) is 29.8 Å². The lowest BCUT2D eigenvalue weighted by molar-refractivity contribution is 0.0963. The lowest BCUT2D eigenvalue weighted by atomic mass is 10.2. The predicted molar refractivity (Wildman–Crippen MR) is 86.3 cm³/mol. The van der Waals surface area contributed by atoms with Gasteiger partial charge >= 0.3 is 0 Å². The molecule has 1 amide bonds. The highest BCUT2D eigenvalue weighted by molar-refractivity contribution is 8.31. The monoisotopic (exact) mass is 299 g/mol. The molecular weight excluding hydrogens is 273 g/mol. The van der Waals surface area contributed by atoms with E-state index in [0.717, 1.165) is 0 Å². The van der Waals surface area contributed by atoms with Crippen LogP contribution in [0.15, 0.2) is 29.2 Å². The molecule has 1 aromatic rings. The van der Waals surface area contributed by atoms with Crippen LogP contribution in [-0.4, -0.2) is 22.4 Å². The number of halogens is 1. The van der Waals surface area contributed by atoms with Gasteiger partial charge in [-0.3, -0.25) is 4.79 Å². The molecule has 0 saturated heterocycles. The molecule has 0 fully saturated rings. The van der Waals surface area contributed by atoms with Crippen LogP contribution < -0.4 is 5.32 Å². The Balaban J connectivity index is 3.35. The van der Waals surface area contributed by atoms with Crippen LogP contribution in [0.5, 0.6) is 0 Å². The fraction of sp³-hybridized carbons (Fsp3) is 0.562. The number of benzene rings is 1. The molecular formula is C16H26FNOS. The van der Waals surface area contributed by atoms with Gasteiger partial charge in [-0.1, -0.05) is 10.4 Å². The number of nitrogens with one attached hydrogen (secondary N) is 1. The first-order chi connectivity index (χ1) is 8.95. The first-order valence-corrected chi connectivity index (χ1v) is 8.33. The van der Waals surface area contributed by atoms with Gasteiger partial charge in [0, 0.05) is 27.0 Å². The van der Waals surface area contributed by atoms with E-state index in [1.807, 2.05) is 41.5 Å². The molecule has 0 bridgehead atoms.